The van der Waals surface area contributed by atoms with Gasteiger partial charge in [0.2, 0.25) is 5.91 Å². The molecule has 8 heteroatoms. The zero-order valence-corrected chi connectivity index (χ0v) is 15.2. The van der Waals surface area contributed by atoms with Crippen LogP contribution in [0.5, 0.6) is 0 Å². The Morgan fingerprint density at radius 2 is 2.07 bits per heavy atom. The van der Waals surface area contributed by atoms with Crippen LogP contribution in [-0.2, 0) is 26.3 Å². The van der Waals surface area contributed by atoms with Crippen molar-refractivity contribution in [3.05, 3.63) is 35.4 Å². The van der Waals surface area contributed by atoms with E-state index in [1.165, 1.54) is 0 Å². The number of rotatable bonds is 7. The normalized spacial score (nSPS) is 21.9. The maximum absolute atomic E-state index is 13.0. The van der Waals surface area contributed by atoms with Crippen LogP contribution in [0, 0.1) is 0 Å². The molecule has 1 aliphatic carbocycles. The third kappa shape index (κ3) is 3.39. The number of amides is 4. The average Bonchev–Trinajstić information content (AvgIpc) is 3.12. The molecule has 2 aliphatic rings. The number of carbonyl (C=O) groups excluding carboxylic acids is 3. The smallest absolute Gasteiger partial charge is 0.326 e. The van der Waals surface area contributed by atoms with Gasteiger partial charge in [-0.3, -0.25) is 14.5 Å². The number of nitrogens with one attached hydrogen (secondary N) is 2. The molecule has 8 nitrogen and oxygen atoms in total. The van der Waals surface area contributed by atoms with Crippen molar-refractivity contribution < 1.29 is 24.3 Å². The minimum Gasteiger partial charge on any atom is -0.480 e. The van der Waals surface area contributed by atoms with Crippen LogP contribution in [-0.4, -0.2) is 46.4 Å². The lowest BCUT2D eigenvalue weighted by Gasteiger charge is -2.22. The molecular formula is C19H23N3O5. The number of fused-ring (bicyclic) bond motifs is 2. The van der Waals surface area contributed by atoms with Gasteiger partial charge in [-0.15, -0.1) is 0 Å². The lowest BCUT2D eigenvalue weighted by atomic mass is 9.92. The number of aliphatic carboxylic acids is 1. The molecule has 144 valence electrons. The summed E-state index contributed by atoms with van der Waals surface area (Å²) >= 11 is 0. The van der Waals surface area contributed by atoms with Gasteiger partial charge in [-0.2, -0.15) is 0 Å². The van der Waals surface area contributed by atoms with Crippen LogP contribution in [0.2, 0.25) is 0 Å². The number of imide groups is 1. The third-order valence-electron chi connectivity index (χ3n) is 5.20. The number of nitrogens with zero attached hydrogens (tertiary/aromatic N) is 1. The molecule has 4 amide bonds. The second-order valence-electron chi connectivity index (χ2n) is 6.98. The SMILES string of the molecule is CCCCC(NC(=O)CN1C(=O)NC2(CCc3ccccc32)C1=O)C(=O)O. The first-order valence-corrected chi connectivity index (χ1v) is 9.13. The van der Waals surface area contributed by atoms with E-state index in [1.54, 1.807) is 0 Å². The molecule has 1 fully saturated rings. The van der Waals surface area contributed by atoms with Crippen LogP contribution in [0.4, 0.5) is 4.79 Å². The van der Waals surface area contributed by atoms with Crippen LogP contribution in [0.15, 0.2) is 24.3 Å². The summed E-state index contributed by atoms with van der Waals surface area (Å²) in [5, 5.41) is 14.4. The van der Waals surface area contributed by atoms with E-state index in [0.29, 0.717) is 25.7 Å². The Hall–Kier alpha value is -2.90. The van der Waals surface area contributed by atoms with Gasteiger partial charge in [-0.1, -0.05) is 44.0 Å². The number of benzene rings is 1. The first-order chi connectivity index (χ1) is 12.9. The highest BCUT2D eigenvalue weighted by molar-refractivity contribution is 6.10. The molecule has 0 aromatic heterocycles. The highest BCUT2D eigenvalue weighted by Crippen LogP contribution is 2.41. The molecular weight excluding hydrogens is 350 g/mol. The summed E-state index contributed by atoms with van der Waals surface area (Å²) in [6.45, 7) is 1.43. The second-order valence-corrected chi connectivity index (χ2v) is 6.98. The Morgan fingerprint density at radius 1 is 1.33 bits per heavy atom. The molecule has 0 radical (unpaired) electrons. The number of carboxylic acids is 1. The van der Waals surface area contributed by atoms with E-state index in [9.17, 15) is 24.3 Å². The number of carboxylic acid groups (broad SMARTS) is 1. The summed E-state index contributed by atoms with van der Waals surface area (Å²) in [6, 6.07) is 5.77. The van der Waals surface area contributed by atoms with Crippen molar-refractivity contribution in [2.24, 2.45) is 0 Å². The van der Waals surface area contributed by atoms with E-state index >= 15 is 0 Å². The predicted octanol–water partition coefficient (Wildman–Crippen LogP) is 1.14. The average molecular weight is 373 g/mol. The Morgan fingerprint density at radius 3 is 2.78 bits per heavy atom. The molecule has 1 saturated heterocycles. The first-order valence-electron chi connectivity index (χ1n) is 9.13. The van der Waals surface area contributed by atoms with Gasteiger partial charge >= 0.3 is 12.0 Å². The van der Waals surface area contributed by atoms with Gasteiger partial charge in [0.1, 0.15) is 18.1 Å². The lowest BCUT2D eigenvalue weighted by Crippen LogP contribution is -2.47. The quantitative estimate of drug-likeness (QED) is 0.620. The van der Waals surface area contributed by atoms with Gasteiger partial charge in [-0.25, -0.2) is 9.59 Å². The third-order valence-corrected chi connectivity index (χ3v) is 5.20. The van der Waals surface area contributed by atoms with Crippen LogP contribution in [0.25, 0.3) is 0 Å². The fourth-order valence-corrected chi connectivity index (χ4v) is 3.78. The molecule has 2 unspecified atom stereocenters. The monoisotopic (exact) mass is 373 g/mol. The Labute approximate surface area is 156 Å². The Balaban J connectivity index is 1.71. The van der Waals surface area contributed by atoms with Crippen molar-refractivity contribution in [3.8, 4) is 0 Å². The highest BCUT2D eigenvalue weighted by Gasteiger charge is 2.55. The lowest BCUT2D eigenvalue weighted by molar-refractivity contribution is -0.142. The van der Waals surface area contributed by atoms with Gasteiger partial charge in [0.05, 0.1) is 0 Å². The maximum Gasteiger partial charge on any atom is 0.326 e. The van der Waals surface area contributed by atoms with Gasteiger partial charge in [-0.05, 0) is 30.4 Å². The molecule has 1 aromatic rings. The largest absolute Gasteiger partial charge is 0.480 e. The number of unbranched alkanes of at least 4 members (excludes halogenated alkanes) is 1. The van der Waals surface area contributed by atoms with Crippen LogP contribution in [0.3, 0.4) is 0 Å². The zero-order chi connectivity index (χ0) is 19.6. The van der Waals surface area contributed by atoms with Gasteiger partial charge in [0.25, 0.3) is 5.91 Å². The van der Waals surface area contributed by atoms with Crippen molar-refractivity contribution in [1.29, 1.82) is 0 Å². The summed E-state index contributed by atoms with van der Waals surface area (Å²) in [5.74, 6) is -2.26. The second kappa shape index (κ2) is 7.38. The van der Waals surface area contributed by atoms with Gasteiger partial charge in [0, 0.05) is 0 Å². The molecule has 0 saturated carbocycles. The first kappa shape index (κ1) is 18.9. The number of urea groups is 1. The molecule has 3 N–H and O–H groups in total. The van der Waals surface area contributed by atoms with Crippen molar-refractivity contribution >= 4 is 23.8 Å². The minimum absolute atomic E-state index is 0.301. The van der Waals surface area contributed by atoms with E-state index in [0.717, 1.165) is 22.4 Å². The van der Waals surface area contributed by atoms with Crippen molar-refractivity contribution in [3.63, 3.8) is 0 Å². The minimum atomic E-state index is -1.13. The van der Waals surface area contributed by atoms with Crippen LogP contribution >= 0.6 is 0 Å². The van der Waals surface area contributed by atoms with Crippen LogP contribution in [0.1, 0.15) is 43.7 Å². The van der Waals surface area contributed by atoms with Crippen molar-refractivity contribution in [2.75, 3.05) is 6.54 Å². The highest BCUT2D eigenvalue weighted by atomic mass is 16.4. The number of hydrogen-bond acceptors (Lipinski definition) is 4. The molecule has 27 heavy (non-hydrogen) atoms. The predicted molar refractivity (Wildman–Crippen MR) is 95.8 cm³/mol. The standard InChI is InChI=1S/C19H23N3O5/c1-2-3-8-14(16(24)25)20-15(23)11-22-17(26)19(21-18(22)27)10-9-12-6-4-5-7-13(12)19/h4-7,14H,2-3,8-11H2,1H3,(H,20,23)(H,21,27)(H,24,25). The molecule has 1 aliphatic heterocycles. The van der Waals surface area contributed by atoms with Crippen molar-refractivity contribution in [1.82, 2.24) is 15.5 Å². The van der Waals surface area contributed by atoms with Gasteiger partial charge in [0.15, 0.2) is 0 Å². The van der Waals surface area contributed by atoms with E-state index < -0.39 is 41.9 Å². The van der Waals surface area contributed by atoms with E-state index in [-0.39, 0.29) is 0 Å². The fourth-order valence-electron chi connectivity index (χ4n) is 3.78. The summed E-state index contributed by atoms with van der Waals surface area (Å²) in [7, 11) is 0. The molecule has 0 bridgehead atoms. The fraction of sp³-hybridized carbons (Fsp3) is 0.474. The molecule has 1 heterocycles. The summed E-state index contributed by atoms with van der Waals surface area (Å²) in [5.41, 5.74) is 0.642. The number of hydrogen-bond donors (Lipinski definition) is 3. The van der Waals surface area contributed by atoms with Gasteiger partial charge < -0.3 is 15.7 Å². The topological polar surface area (TPSA) is 116 Å². The summed E-state index contributed by atoms with van der Waals surface area (Å²) in [6.07, 6.45) is 2.87. The Bertz CT molecular complexity index is 793. The number of aryl methyl sites for hydroxylation is 1. The molecule has 1 aromatic carbocycles. The molecule has 2 atom stereocenters. The summed E-state index contributed by atoms with van der Waals surface area (Å²) < 4.78 is 0. The Kier molecular flexibility index (Phi) is 5.16. The number of carbonyl (C=O) groups is 4. The van der Waals surface area contributed by atoms with E-state index in [4.69, 9.17) is 0 Å². The zero-order valence-electron chi connectivity index (χ0n) is 15.2. The van der Waals surface area contributed by atoms with E-state index in [1.807, 2.05) is 31.2 Å². The van der Waals surface area contributed by atoms with Crippen LogP contribution < -0.4 is 10.6 Å². The summed E-state index contributed by atoms with van der Waals surface area (Å²) in [4.78, 5) is 49.8. The van der Waals surface area contributed by atoms with Crippen molar-refractivity contribution in [2.45, 2.75) is 50.6 Å². The maximum atomic E-state index is 13.0. The molecule has 1 spiro atoms. The van der Waals surface area contributed by atoms with E-state index in [2.05, 4.69) is 10.6 Å². The molecule has 3 rings (SSSR count).